The SMILES string of the molecule is COCc1cccc(NC2=N[C@@H](C(C)C)CS2)c1. The highest BCUT2D eigenvalue weighted by molar-refractivity contribution is 8.14. The van der Waals surface area contributed by atoms with E-state index in [-0.39, 0.29) is 0 Å². The molecule has 0 saturated carbocycles. The number of benzene rings is 1. The van der Waals surface area contributed by atoms with Gasteiger partial charge in [0.05, 0.1) is 12.6 Å². The molecule has 18 heavy (non-hydrogen) atoms. The van der Waals surface area contributed by atoms with Crippen LogP contribution in [0.4, 0.5) is 5.69 Å². The van der Waals surface area contributed by atoms with E-state index in [0.29, 0.717) is 18.6 Å². The summed E-state index contributed by atoms with van der Waals surface area (Å²) in [6.07, 6.45) is 0. The summed E-state index contributed by atoms with van der Waals surface area (Å²) in [6.45, 7) is 5.08. The van der Waals surface area contributed by atoms with Gasteiger partial charge in [-0.25, -0.2) is 0 Å². The molecule has 0 unspecified atom stereocenters. The number of hydrogen-bond acceptors (Lipinski definition) is 4. The van der Waals surface area contributed by atoms with Gasteiger partial charge >= 0.3 is 0 Å². The van der Waals surface area contributed by atoms with Crippen molar-refractivity contribution in [2.75, 3.05) is 18.2 Å². The molecule has 1 aromatic carbocycles. The monoisotopic (exact) mass is 264 g/mol. The first kappa shape index (κ1) is 13.4. The molecule has 0 aromatic heterocycles. The van der Waals surface area contributed by atoms with Gasteiger partial charge in [-0.05, 0) is 23.6 Å². The highest BCUT2D eigenvalue weighted by atomic mass is 32.2. The summed E-state index contributed by atoms with van der Waals surface area (Å²) in [6, 6.07) is 8.71. The Bertz CT molecular complexity index is 432. The first-order valence-corrected chi connectivity index (χ1v) is 7.23. The maximum atomic E-state index is 5.14. The van der Waals surface area contributed by atoms with Gasteiger partial charge in [0.15, 0.2) is 5.17 Å². The Balaban J connectivity index is 2.01. The number of aliphatic imine (C=N–C) groups is 1. The second-order valence-corrected chi connectivity index (χ2v) is 5.82. The van der Waals surface area contributed by atoms with E-state index in [0.717, 1.165) is 16.6 Å². The number of hydrogen-bond donors (Lipinski definition) is 1. The van der Waals surface area contributed by atoms with Crippen molar-refractivity contribution in [3.05, 3.63) is 29.8 Å². The minimum atomic E-state index is 0.444. The molecule has 1 atom stereocenters. The van der Waals surface area contributed by atoms with Crippen LogP contribution in [0.15, 0.2) is 29.3 Å². The van der Waals surface area contributed by atoms with Gasteiger partial charge in [-0.2, -0.15) is 0 Å². The molecule has 1 aromatic rings. The van der Waals surface area contributed by atoms with Crippen molar-refractivity contribution in [1.29, 1.82) is 0 Å². The topological polar surface area (TPSA) is 33.6 Å². The lowest BCUT2D eigenvalue weighted by Gasteiger charge is -2.08. The molecule has 0 spiro atoms. The molecule has 0 radical (unpaired) electrons. The standard InChI is InChI=1S/C14H20N2OS/c1-10(2)13-9-18-14(16-13)15-12-6-4-5-11(7-12)8-17-3/h4-7,10,13H,8-9H2,1-3H3,(H,15,16)/t13-/m1/s1. The van der Waals surface area contributed by atoms with Crippen LogP contribution in [-0.4, -0.2) is 24.1 Å². The Morgan fingerprint density at radius 3 is 3.00 bits per heavy atom. The van der Waals surface area contributed by atoms with E-state index in [1.54, 1.807) is 18.9 Å². The van der Waals surface area contributed by atoms with Gasteiger partial charge in [-0.3, -0.25) is 4.99 Å². The lowest BCUT2D eigenvalue weighted by Crippen LogP contribution is -2.12. The number of nitrogens with one attached hydrogen (secondary N) is 1. The molecular formula is C14H20N2OS. The summed E-state index contributed by atoms with van der Waals surface area (Å²) in [5.41, 5.74) is 2.26. The molecule has 0 saturated heterocycles. The average Bonchev–Trinajstić information content (AvgIpc) is 2.78. The zero-order valence-corrected chi connectivity index (χ0v) is 12.0. The average molecular weight is 264 g/mol. The Morgan fingerprint density at radius 2 is 2.33 bits per heavy atom. The molecule has 1 N–H and O–H groups in total. The first-order valence-electron chi connectivity index (χ1n) is 6.24. The van der Waals surface area contributed by atoms with Crippen LogP contribution in [0.3, 0.4) is 0 Å². The number of anilines is 1. The molecule has 0 bridgehead atoms. The van der Waals surface area contributed by atoms with Crippen molar-refractivity contribution in [2.45, 2.75) is 26.5 Å². The van der Waals surface area contributed by atoms with Gasteiger partial charge in [0, 0.05) is 18.6 Å². The third-order valence-corrected chi connectivity index (χ3v) is 3.92. The van der Waals surface area contributed by atoms with E-state index >= 15 is 0 Å². The van der Waals surface area contributed by atoms with Gasteiger partial charge in [-0.15, -0.1) is 0 Å². The van der Waals surface area contributed by atoms with Crippen molar-refractivity contribution < 1.29 is 4.74 Å². The van der Waals surface area contributed by atoms with E-state index in [9.17, 15) is 0 Å². The molecule has 0 amide bonds. The van der Waals surface area contributed by atoms with Crippen LogP contribution in [0.2, 0.25) is 0 Å². The van der Waals surface area contributed by atoms with Crippen molar-refractivity contribution >= 4 is 22.6 Å². The van der Waals surface area contributed by atoms with Gasteiger partial charge < -0.3 is 10.1 Å². The third-order valence-electron chi connectivity index (χ3n) is 2.93. The van der Waals surface area contributed by atoms with Crippen LogP contribution in [0.25, 0.3) is 0 Å². The zero-order chi connectivity index (χ0) is 13.0. The predicted molar refractivity (Wildman–Crippen MR) is 79.3 cm³/mol. The minimum absolute atomic E-state index is 0.444. The molecule has 4 heteroatoms. The quantitative estimate of drug-likeness (QED) is 0.905. The summed E-state index contributed by atoms with van der Waals surface area (Å²) >= 11 is 1.80. The molecule has 3 nitrogen and oxygen atoms in total. The zero-order valence-electron chi connectivity index (χ0n) is 11.1. The normalized spacial score (nSPS) is 19.1. The molecule has 98 valence electrons. The van der Waals surface area contributed by atoms with Gasteiger partial charge in [0.1, 0.15) is 0 Å². The number of ether oxygens (including phenoxy) is 1. The fourth-order valence-corrected chi connectivity index (χ4v) is 3.02. The van der Waals surface area contributed by atoms with E-state index in [1.165, 1.54) is 5.56 Å². The predicted octanol–water partition coefficient (Wildman–Crippen LogP) is 3.37. The Hall–Kier alpha value is -1.00. The van der Waals surface area contributed by atoms with Crippen LogP contribution in [0.1, 0.15) is 19.4 Å². The van der Waals surface area contributed by atoms with E-state index < -0.39 is 0 Å². The van der Waals surface area contributed by atoms with Crippen molar-refractivity contribution in [2.24, 2.45) is 10.9 Å². The van der Waals surface area contributed by atoms with Crippen molar-refractivity contribution in [1.82, 2.24) is 0 Å². The van der Waals surface area contributed by atoms with Gasteiger partial charge in [0.2, 0.25) is 0 Å². The number of thioether (sulfide) groups is 1. The van der Waals surface area contributed by atoms with Crippen LogP contribution in [0, 0.1) is 5.92 Å². The second-order valence-electron chi connectivity index (χ2n) is 4.82. The summed E-state index contributed by atoms with van der Waals surface area (Å²) in [7, 11) is 1.71. The summed E-state index contributed by atoms with van der Waals surface area (Å²) in [4.78, 5) is 4.70. The highest BCUT2D eigenvalue weighted by Gasteiger charge is 2.20. The Kier molecular flexibility index (Phi) is 4.66. The maximum Gasteiger partial charge on any atom is 0.161 e. The van der Waals surface area contributed by atoms with Crippen molar-refractivity contribution in [3.63, 3.8) is 0 Å². The summed E-state index contributed by atoms with van der Waals surface area (Å²) in [5, 5.41) is 4.41. The van der Waals surface area contributed by atoms with E-state index in [4.69, 9.17) is 9.73 Å². The highest BCUT2D eigenvalue weighted by Crippen LogP contribution is 2.24. The molecule has 1 aliphatic heterocycles. The van der Waals surface area contributed by atoms with Gasteiger partial charge in [-0.1, -0.05) is 37.7 Å². The van der Waals surface area contributed by atoms with Crippen LogP contribution in [-0.2, 0) is 11.3 Å². The lowest BCUT2D eigenvalue weighted by atomic mass is 10.1. The smallest absolute Gasteiger partial charge is 0.161 e. The maximum absolute atomic E-state index is 5.14. The molecule has 2 rings (SSSR count). The Morgan fingerprint density at radius 1 is 1.50 bits per heavy atom. The van der Waals surface area contributed by atoms with Crippen LogP contribution in [0.5, 0.6) is 0 Å². The number of amidine groups is 1. The largest absolute Gasteiger partial charge is 0.380 e. The number of nitrogens with zero attached hydrogens (tertiary/aromatic N) is 1. The van der Waals surface area contributed by atoms with Crippen LogP contribution < -0.4 is 5.32 Å². The van der Waals surface area contributed by atoms with Gasteiger partial charge in [0.25, 0.3) is 0 Å². The fourth-order valence-electron chi connectivity index (χ4n) is 1.83. The second kappa shape index (κ2) is 6.25. The molecule has 0 aliphatic carbocycles. The number of methoxy groups -OCH3 is 1. The number of rotatable bonds is 4. The third kappa shape index (κ3) is 3.50. The lowest BCUT2D eigenvalue weighted by molar-refractivity contribution is 0.185. The van der Waals surface area contributed by atoms with E-state index in [2.05, 4.69) is 37.4 Å². The Labute approximate surface area is 113 Å². The molecule has 1 aliphatic rings. The van der Waals surface area contributed by atoms with Crippen molar-refractivity contribution in [3.8, 4) is 0 Å². The van der Waals surface area contributed by atoms with E-state index in [1.807, 2.05) is 6.07 Å². The first-order chi connectivity index (χ1) is 8.69. The van der Waals surface area contributed by atoms with Crippen LogP contribution >= 0.6 is 11.8 Å². The minimum Gasteiger partial charge on any atom is -0.380 e. The molecule has 0 fully saturated rings. The summed E-state index contributed by atoms with van der Waals surface area (Å²) < 4.78 is 5.14. The fraction of sp³-hybridized carbons (Fsp3) is 0.500. The summed E-state index contributed by atoms with van der Waals surface area (Å²) in [5.74, 6) is 1.69. The molecular weight excluding hydrogens is 244 g/mol. The molecule has 1 heterocycles.